The zero-order chi connectivity index (χ0) is 18.1. The average molecular weight is 347 g/mol. The summed E-state index contributed by atoms with van der Waals surface area (Å²) in [5.74, 6) is 0.443. The molecule has 4 rings (SSSR count). The molecular weight excluding hydrogens is 326 g/mol. The van der Waals surface area contributed by atoms with Crippen LogP contribution < -0.4 is 0 Å². The number of Topliss-reactive ketones (excluding diaryl/α,β-unsaturated/α-hetero) is 1. The van der Waals surface area contributed by atoms with Gasteiger partial charge in [0.15, 0.2) is 0 Å². The van der Waals surface area contributed by atoms with Crippen LogP contribution in [0.4, 0.5) is 0 Å². The number of hydrogen-bond acceptors (Lipinski definition) is 4. The summed E-state index contributed by atoms with van der Waals surface area (Å²) in [6.45, 7) is 1.16. The molecule has 5 heteroatoms. The van der Waals surface area contributed by atoms with Crippen molar-refractivity contribution in [1.82, 2.24) is 9.88 Å². The van der Waals surface area contributed by atoms with Gasteiger partial charge in [-0.15, -0.1) is 0 Å². The van der Waals surface area contributed by atoms with Gasteiger partial charge in [0.2, 0.25) is 5.91 Å². The minimum atomic E-state index is -0.113. The molecule has 2 heterocycles. The Morgan fingerprint density at radius 2 is 2.19 bits per heavy atom. The van der Waals surface area contributed by atoms with Gasteiger partial charge in [-0.3, -0.25) is 14.6 Å². The van der Waals surface area contributed by atoms with Gasteiger partial charge in [-0.2, -0.15) is 5.26 Å². The fourth-order valence-corrected chi connectivity index (χ4v) is 3.70. The molecule has 1 amide bonds. The first-order chi connectivity index (χ1) is 12.7. The summed E-state index contributed by atoms with van der Waals surface area (Å²) in [4.78, 5) is 30.5. The largest absolute Gasteiger partial charge is 0.338 e. The number of carbonyl (C=O) groups excluding carboxylic acids is 2. The number of pyridine rings is 1. The second kappa shape index (κ2) is 6.87. The van der Waals surface area contributed by atoms with E-state index in [1.807, 2.05) is 6.07 Å². The predicted octanol–water partition coefficient (Wildman–Crippen LogP) is 2.70. The van der Waals surface area contributed by atoms with Crippen molar-refractivity contribution in [3.63, 3.8) is 0 Å². The highest BCUT2D eigenvalue weighted by Crippen LogP contribution is 2.34. The maximum Gasteiger partial charge on any atom is 0.237 e. The van der Waals surface area contributed by atoms with Crippen molar-refractivity contribution in [1.29, 1.82) is 5.26 Å². The van der Waals surface area contributed by atoms with Crippen molar-refractivity contribution in [3.05, 3.63) is 40.7 Å². The zero-order valence-electron chi connectivity index (χ0n) is 14.7. The van der Waals surface area contributed by atoms with E-state index in [-0.39, 0.29) is 18.2 Å². The zero-order valence-corrected chi connectivity index (χ0v) is 14.7. The first-order valence-electron chi connectivity index (χ1n) is 9.22. The third-order valence-electron chi connectivity index (χ3n) is 5.31. The molecular formula is C21H21N3O2. The molecule has 0 unspecified atom stereocenters. The van der Waals surface area contributed by atoms with Crippen LogP contribution in [0, 0.1) is 17.2 Å². The Labute approximate surface area is 153 Å². The first kappa shape index (κ1) is 16.7. The van der Waals surface area contributed by atoms with Gasteiger partial charge < -0.3 is 4.90 Å². The van der Waals surface area contributed by atoms with E-state index >= 15 is 0 Å². The number of nitriles is 1. The molecule has 1 aromatic heterocycles. The lowest BCUT2D eigenvalue weighted by atomic mass is 9.93. The van der Waals surface area contributed by atoms with Crippen molar-refractivity contribution in [2.75, 3.05) is 13.1 Å². The summed E-state index contributed by atoms with van der Waals surface area (Å²) in [6, 6.07) is 3.98. The van der Waals surface area contributed by atoms with Crippen molar-refractivity contribution < 1.29 is 9.59 Å². The number of carbonyl (C=O) groups is 2. The minimum Gasteiger partial charge on any atom is -0.338 e. The molecule has 0 atom stereocenters. The van der Waals surface area contributed by atoms with Gasteiger partial charge in [-0.1, -0.05) is 18.2 Å². The second-order valence-electron chi connectivity index (χ2n) is 7.20. The first-order valence-corrected chi connectivity index (χ1v) is 9.22. The van der Waals surface area contributed by atoms with E-state index in [0.29, 0.717) is 25.3 Å². The number of amides is 1. The lowest BCUT2D eigenvalue weighted by Crippen LogP contribution is -2.34. The monoisotopic (exact) mass is 347 g/mol. The highest BCUT2D eigenvalue weighted by molar-refractivity contribution is 5.86. The molecule has 0 spiro atoms. The highest BCUT2D eigenvalue weighted by atomic mass is 16.2. The van der Waals surface area contributed by atoms with Crippen LogP contribution >= 0.6 is 0 Å². The molecule has 26 heavy (non-hydrogen) atoms. The number of hydrogen-bond donors (Lipinski definition) is 0. The van der Waals surface area contributed by atoms with E-state index in [9.17, 15) is 9.59 Å². The molecule has 0 bridgehead atoms. The normalized spacial score (nSPS) is 18.3. The van der Waals surface area contributed by atoms with Crippen molar-refractivity contribution in [3.8, 4) is 6.07 Å². The van der Waals surface area contributed by atoms with E-state index in [1.165, 1.54) is 5.57 Å². The smallest absolute Gasteiger partial charge is 0.237 e. The van der Waals surface area contributed by atoms with E-state index in [0.717, 1.165) is 48.2 Å². The van der Waals surface area contributed by atoms with Gasteiger partial charge in [-0.05, 0) is 36.5 Å². The number of fused-ring (bicyclic) bond motifs is 1. The van der Waals surface area contributed by atoms with Crippen LogP contribution in [0.15, 0.2) is 18.2 Å². The molecule has 2 aliphatic carbocycles. The molecule has 0 radical (unpaired) electrons. The van der Waals surface area contributed by atoms with E-state index < -0.39 is 0 Å². The van der Waals surface area contributed by atoms with Crippen molar-refractivity contribution in [2.24, 2.45) is 5.92 Å². The van der Waals surface area contributed by atoms with E-state index in [4.69, 9.17) is 10.2 Å². The lowest BCUT2D eigenvalue weighted by molar-refractivity contribution is -0.129. The maximum atomic E-state index is 12.2. The number of rotatable bonds is 5. The number of aromatic nitrogens is 1. The third-order valence-corrected chi connectivity index (χ3v) is 5.31. The fourth-order valence-electron chi connectivity index (χ4n) is 3.70. The van der Waals surface area contributed by atoms with Crippen LogP contribution in [-0.4, -0.2) is 34.7 Å². The summed E-state index contributed by atoms with van der Waals surface area (Å²) in [5, 5.41) is 8.69. The lowest BCUT2D eigenvalue weighted by Gasteiger charge is -2.26. The van der Waals surface area contributed by atoms with Crippen LogP contribution in [0.25, 0.3) is 11.6 Å². The SMILES string of the molecule is N#CCC(=O)N1CC=C(c2cc(CC(=O)C3CC3)nc3c2C=CC3)CC1. The van der Waals surface area contributed by atoms with Crippen LogP contribution in [0.5, 0.6) is 0 Å². The van der Waals surface area contributed by atoms with Crippen molar-refractivity contribution in [2.45, 2.75) is 38.5 Å². The Bertz CT molecular complexity index is 872. The van der Waals surface area contributed by atoms with E-state index in [1.54, 1.807) is 4.90 Å². The Morgan fingerprint density at radius 3 is 2.88 bits per heavy atom. The van der Waals surface area contributed by atoms with Gasteiger partial charge in [0.1, 0.15) is 12.2 Å². The fraction of sp³-hybridized carbons (Fsp3) is 0.429. The second-order valence-corrected chi connectivity index (χ2v) is 7.20. The van der Waals surface area contributed by atoms with Gasteiger partial charge in [-0.25, -0.2) is 0 Å². The summed E-state index contributed by atoms with van der Waals surface area (Å²) in [7, 11) is 0. The minimum absolute atomic E-state index is 0.0655. The standard InChI is InChI=1S/C21H21N3O2/c22-9-6-21(26)24-10-7-14(8-11-24)18-12-16(13-20(25)15-4-5-15)23-19-3-1-2-17(18)19/h1-2,7,12,15H,3-6,8,10-11,13H2. The molecule has 5 nitrogen and oxygen atoms in total. The van der Waals surface area contributed by atoms with Gasteiger partial charge >= 0.3 is 0 Å². The molecule has 132 valence electrons. The third kappa shape index (κ3) is 3.32. The van der Waals surface area contributed by atoms with Crippen LogP contribution in [0.1, 0.15) is 48.2 Å². The Hall–Kier alpha value is -2.74. The number of ketones is 1. The Balaban J connectivity index is 1.58. The maximum absolute atomic E-state index is 12.2. The molecule has 1 aromatic rings. The molecule has 0 aromatic carbocycles. The summed E-state index contributed by atoms with van der Waals surface area (Å²) < 4.78 is 0. The Kier molecular flexibility index (Phi) is 4.42. The highest BCUT2D eigenvalue weighted by Gasteiger charge is 2.30. The Morgan fingerprint density at radius 1 is 1.35 bits per heavy atom. The van der Waals surface area contributed by atoms with E-state index in [2.05, 4.69) is 24.3 Å². The van der Waals surface area contributed by atoms with Crippen LogP contribution in [-0.2, 0) is 22.4 Å². The molecule has 0 N–H and O–H groups in total. The van der Waals surface area contributed by atoms with Crippen molar-refractivity contribution >= 4 is 23.3 Å². The summed E-state index contributed by atoms with van der Waals surface area (Å²) >= 11 is 0. The van der Waals surface area contributed by atoms with Gasteiger partial charge in [0, 0.05) is 43.1 Å². The summed E-state index contributed by atoms with van der Waals surface area (Å²) in [6.07, 6.45) is 10.3. The predicted molar refractivity (Wildman–Crippen MR) is 97.8 cm³/mol. The average Bonchev–Trinajstić information content (AvgIpc) is 3.40. The molecule has 1 aliphatic heterocycles. The quantitative estimate of drug-likeness (QED) is 0.821. The summed E-state index contributed by atoms with van der Waals surface area (Å²) in [5.41, 5.74) is 5.41. The topological polar surface area (TPSA) is 74.1 Å². The number of allylic oxidation sites excluding steroid dienone is 1. The van der Waals surface area contributed by atoms with Gasteiger partial charge in [0.05, 0.1) is 11.8 Å². The molecule has 1 saturated carbocycles. The molecule has 1 fully saturated rings. The molecule has 0 saturated heterocycles. The van der Waals surface area contributed by atoms with Gasteiger partial charge in [0.25, 0.3) is 0 Å². The van der Waals surface area contributed by atoms with Crippen LogP contribution in [0.2, 0.25) is 0 Å². The number of nitrogens with zero attached hydrogens (tertiary/aromatic N) is 3. The molecule has 3 aliphatic rings. The van der Waals surface area contributed by atoms with Crippen LogP contribution in [0.3, 0.4) is 0 Å².